The highest BCUT2D eigenvalue weighted by atomic mass is 16.5. The van der Waals surface area contributed by atoms with Crippen LogP contribution in [0.3, 0.4) is 0 Å². The lowest BCUT2D eigenvalue weighted by Gasteiger charge is -2.38. The van der Waals surface area contributed by atoms with E-state index >= 15 is 0 Å². The number of rotatable bonds is 3. The third-order valence-electron chi connectivity index (χ3n) is 4.75. The maximum absolute atomic E-state index is 11.9. The molecule has 3 nitrogen and oxygen atoms in total. The minimum atomic E-state index is -0.258. The number of aryl methyl sites for hydroxylation is 2. The van der Waals surface area contributed by atoms with Gasteiger partial charge in [-0.15, -0.1) is 0 Å². The molecule has 0 aliphatic heterocycles. The molecule has 3 heteroatoms. The third-order valence-corrected chi connectivity index (χ3v) is 4.75. The topological polar surface area (TPSA) is 52.3 Å². The average Bonchev–Trinajstić information content (AvgIpc) is 2.47. The SMILES string of the molecule is COC(=O)c1cc(C2(CN)CCCCC2)c(C)cc1C. The van der Waals surface area contributed by atoms with Crippen LogP contribution in [0.5, 0.6) is 0 Å². The van der Waals surface area contributed by atoms with E-state index in [1.54, 1.807) is 0 Å². The van der Waals surface area contributed by atoms with Crippen LogP contribution in [0.4, 0.5) is 0 Å². The molecule has 0 bridgehead atoms. The van der Waals surface area contributed by atoms with Gasteiger partial charge in [0.25, 0.3) is 0 Å². The molecule has 1 aromatic rings. The second kappa shape index (κ2) is 5.96. The molecule has 0 amide bonds. The Bertz CT molecular complexity index is 502. The maximum atomic E-state index is 11.9. The van der Waals surface area contributed by atoms with Crippen LogP contribution >= 0.6 is 0 Å². The summed E-state index contributed by atoms with van der Waals surface area (Å²) in [6, 6.07) is 4.11. The summed E-state index contributed by atoms with van der Waals surface area (Å²) in [5.74, 6) is -0.258. The average molecular weight is 275 g/mol. The summed E-state index contributed by atoms with van der Waals surface area (Å²) in [5.41, 5.74) is 10.3. The molecule has 2 rings (SSSR count). The number of carbonyl (C=O) groups excluding carboxylic acids is 1. The fourth-order valence-corrected chi connectivity index (χ4v) is 3.57. The molecule has 1 saturated carbocycles. The highest BCUT2D eigenvalue weighted by Crippen LogP contribution is 2.40. The normalized spacial score (nSPS) is 17.8. The van der Waals surface area contributed by atoms with Crippen molar-refractivity contribution in [1.82, 2.24) is 0 Å². The molecule has 1 aromatic carbocycles. The molecule has 0 aromatic heterocycles. The van der Waals surface area contributed by atoms with Crippen molar-refractivity contribution in [2.75, 3.05) is 13.7 Å². The van der Waals surface area contributed by atoms with Crippen molar-refractivity contribution < 1.29 is 9.53 Å². The zero-order chi connectivity index (χ0) is 14.8. The number of ether oxygens (including phenoxy) is 1. The molecule has 1 fully saturated rings. The summed E-state index contributed by atoms with van der Waals surface area (Å²) >= 11 is 0. The van der Waals surface area contributed by atoms with Crippen LogP contribution in [-0.2, 0) is 10.2 Å². The van der Waals surface area contributed by atoms with Crippen molar-refractivity contribution in [2.24, 2.45) is 5.73 Å². The van der Waals surface area contributed by atoms with Crippen molar-refractivity contribution in [3.05, 3.63) is 34.4 Å². The molecule has 0 radical (unpaired) electrons. The smallest absolute Gasteiger partial charge is 0.338 e. The fraction of sp³-hybridized carbons (Fsp3) is 0.588. The van der Waals surface area contributed by atoms with Crippen molar-refractivity contribution in [1.29, 1.82) is 0 Å². The quantitative estimate of drug-likeness (QED) is 0.861. The minimum absolute atomic E-state index is 0.0405. The third kappa shape index (κ3) is 2.59. The van der Waals surface area contributed by atoms with Crippen molar-refractivity contribution in [3.63, 3.8) is 0 Å². The molecule has 0 saturated heterocycles. The largest absolute Gasteiger partial charge is 0.465 e. The number of nitrogens with two attached hydrogens (primary N) is 1. The van der Waals surface area contributed by atoms with Gasteiger partial charge in [0.05, 0.1) is 12.7 Å². The molecule has 0 heterocycles. The van der Waals surface area contributed by atoms with E-state index in [1.165, 1.54) is 37.5 Å². The van der Waals surface area contributed by atoms with Gasteiger partial charge in [-0.3, -0.25) is 0 Å². The number of esters is 1. The highest BCUT2D eigenvalue weighted by Gasteiger charge is 2.34. The molecule has 110 valence electrons. The lowest BCUT2D eigenvalue weighted by atomic mass is 9.68. The predicted molar refractivity (Wildman–Crippen MR) is 81.1 cm³/mol. The van der Waals surface area contributed by atoms with Gasteiger partial charge < -0.3 is 10.5 Å². The zero-order valence-corrected chi connectivity index (χ0v) is 12.8. The molecule has 0 unspecified atom stereocenters. The first-order valence-electron chi connectivity index (χ1n) is 7.44. The lowest BCUT2D eigenvalue weighted by molar-refractivity contribution is 0.0599. The van der Waals surface area contributed by atoms with Gasteiger partial charge in [-0.2, -0.15) is 0 Å². The van der Waals surface area contributed by atoms with Crippen LogP contribution in [0.2, 0.25) is 0 Å². The van der Waals surface area contributed by atoms with Gasteiger partial charge in [0.1, 0.15) is 0 Å². The Morgan fingerprint density at radius 3 is 2.40 bits per heavy atom. The Hall–Kier alpha value is -1.35. The van der Waals surface area contributed by atoms with Crippen LogP contribution < -0.4 is 5.73 Å². The molecule has 0 spiro atoms. The Kier molecular flexibility index (Phi) is 4.48. The summed E-state index contributed by atoms with van der Waals surface area (Å²) in [5, 5.41) is 0. The second-order valence-electron chi connectivity index (χ2n) is 6.02. The van der Waals surface area contributed by atoms with Crippen LogP contribution in [0.25, 0.3) is 0 Å². The van der Waals surface area contributed by atoms with Crippen LogP contribution in [0.15, 0.2) is 12.1 Å². The lowest BCUT2D eigenvalue weighted by Crippen LogP contribution is -2.38. The van der Waals surface area contributed by atoms with Gasteiger partial charge in [0.2, 0.25) is 0 Å². The first-order valence-corrected chi connectivity index (χ1v) is 7.44. The zero-order valence-electron chi connectivity index (χ0n) is 12.8. The van der Waals surface area contributed by atoms with Gasteiger partial charge in [0, 0.05) is 12.0 Å². The molecular weight excluding hydrogens is 250 g/mol. The van der Waals surface area contributed by atoms with E-state index in [9.17, 15) is 4.79 Å². The Morgan fingerprint density at radius 2 is 1.85 bits per heavy atom. The van der Waals surface area contributed by atoms with E-state index in [0.29, 0.717) is 12.1 Å². The number of hydrogen-bond donors (Lipinski definition) is 1. The van der Waals surface area contributed by atoms with E-state index < -0.39 is 0 Å². The van der Waals surface area contributed by atoms with Crippen molar-refractivity contribution in [2.45, 2.75) is 51.4 Å². The number of benzene rings is 1. The van der Waals surface area contributed by atoms with Gasteiger partial charge in [0.15, 0.2) is 0 Å². The minimum Gasteiger partial charge on any atom is -0.465 e. The summed E-state index contributed by atoms with van der Waals surface area (Å²) in [4.78, 5) is 11.9. The molecule has 0 atom stereocenters. The van der Waals surface area contributed by atoms with Crippen LogP contribution in [-0.4, -0.2) is 19.6 Å². The Balaban J connectivity index is 2.52. The molecule has 1 aliphatic carbocycles. The van der Waals surface area contributed by atoms with E-state index in [2.05, 4.69) is 13.0 Å². The number of carbonyl (C=O) groups is 1. The van der Waals surface area contributed by atoms with Gasteiger partial charge in [-0.25, -0.2) is 4.79 Å². The molecule has 2 N–H and O–H groups in total. The highest BCUT2D eigenvalue weighted by molar-refractivity contribution is 5.91. The van der Waals surface area contributed by atoms with Crippen LogP contribution in [0.1, 0.15) is 59.2 Å². The van der Waals surface area contributed by atoms with E-state index in [1.807, 2.05) is 13.0 Å². The van der Waals surface area contributed by atoms with E-state index in [4.69, 9.17) is 10.5 Å². The summed E-state index contributed by atoms with van der Waals surface area (Å²) in [7, 11) is 1.43. The molecular formula is C17H25NO2. The van der Waals surface area contributed by atoms with Crippen LogP contribution in [0, 0.1) is 13.8 Å². The first-order chi connectivity index (χ1) is 9.54. The maximum Gasteiger partial charge on any atom is 0.338 e. The number of methoxy groups -OCH3 is 1. The molecule has 1 aliphatic rings. The van der Waals surface area contributed by atoms with Crippen molar-refractivity contribution >= 4 is 5.97 Å². The number of hydrogen-bond acceptors (Lipinski definition) is 3. The standard InChI is InChI=1S/C17H25NO2/c1-12-9-13(2)15(10-14(12)16(19)20-3)17(11-18)7-5-4-6-8-17/h9-10H,4-8,11,18H2,1-3H3. The Morgan fingerprint density at radius 1 is 1.20 bits per heavy atom. The van der Waals surface area contributed by atoms with E-state index in [-0.39, 0.29) is 11.4 Å². The molecule has 20 heavy (non-hydrogen) atoms. The second-order valence-corrected chi connectivity index (χ2v) is 6.02. The predicted octanol–water partition coefficient (Wildman–Crippen LogP) is 3.25. The monoisotopic (exact) mass is 275 g/mol. The first kappa shape index (κ1) is 15.0. The fourth-order valence-electron chi connectivity index (χ4n) is 3.57. The van der Waals surface area contributed by atoms with E-state index in [0.717, 1.165) is 18.4 Å². The van der Waals surface area contributed by atoms with Crippen molar-refractivity contribution in [3.8, 4) is 0 Å². The summed E-state index contributed by atoms with van der Waals surface area (Å²) < 4.78 is 4.90. The van der Waals surface area contributed by atoms with Gasteiger partial charge in [-0.1, -0.05) is 25.3 Å². The van der Waals surface area contributed by atoms with Gasteiger partial charge in [-0.05, 0) is 49.4 Å². The Labute approximate surface area is 121 Å². The van der Waals surface area contributed by atoms with Gasteiger partial charge >= 0.3 is 5.97 Å². The summed E-state index contributed by atoms with van der Waals surface area (Å²) in [6.07, 6.45) is 5.97. The summed E-state index contributed by atoms with van der Waals surface area (Å²) in [6.45, 7) is 4.73.